The van der Waals surface area contributed by atoms with E-state index in [1.54, 1.807) is 0 Å². The van der Waals surface area contributed by atoms with Gasteiger partial charge in [0.2, 0.25) is 5.91 Å². The average Bonchev–Trinajstić information content (AvgIpc) is 2.79. The van der Waals surface area contributed by atoms with Crippen LogP contribution in [0.4, 0.5) is 0 Å². The van der Waals surface area contributed by atoms with Gasteiger partial charge in [-0.25, -0.2) is 0 Å². The second-order valence-electron chi connectivity index (χ2n) is 9.14. The van der Waals surface area contributed by atoms with Crippen molar-refractivity contribution in [1.82, 2.24) is 10.2 Å². The number of aliphatic hydroxyl groups excluding tert-OH is 2. The number of amides is 1. The Balaban J connectivity index is 1.75. The maximum absolute atomic E-state index is 12.6. The molecule has 0 unspecified atom stereocenters. The molecule has 5 heteroatoms. The summed E-state index contributed by atoms with van der Waals surface area (Å²) in [6.07, 6.45) is 12.1. The maximum atomic E-state index is 12.6. The van der Waals surface area contributed by atoms with Crippen LogP contribution in [0.1, 0.15) is 95.6 Å². The third kappa shape index (κ3) is 10.6. The van der Waals surface area contributed by atoms with E-state index in [1.807, 2.05) is 30.3 Å². The predicted molar refractivity (Wildman–Crippen MR) is 127 cm³/mol. The van der Waals surface area contributed by atoms with Crippen LogP contribution in [0.2, 0.25) is 0 Å². The van der Waals surface area contributed by atoms with Gasteiger partial charge in [-0.1, -0.05) is 88.6 Å². The van der Waals surface area contributed by atoms with Crippen molar-refractivity contribution < 1.29 is 15.0 Å². The number of likely N-dealkylation sites (tertiary alicyclic amines) is 1. The number of rotatable bonds is 15. The van der Waals surface area contributed by atoms with Crippen LogP contribution in [0.25, 0.3) is 0 Å². The summed E-state index contributed by atoms with van der Waals surface area (Å²) in [6.45, 7) is 4.44. The topological polar surface area (TPSA) is 72.8 Å². The zero-order chi connectivity index (χ0) is 22.3. The van der Waals surface area contributed by atoms with Crippen LogP contribution in [0, 0.1) is 0 Å². The predicted octanol–water partition coefficient (Wildman–Crippen LogP) is 4.58. The quantitative estimate of drug-likeness (QED) is 0.355. The number of unbranched alkanes of at least 4 members (excludes halogenated alkanes) is 8. The Bertz CT molecular complexity index is 588. The molecule has 1 amide bonds. The van der Waals surface area contributed by atoms with E-state index in [9.17, 15) is 15.0 Å². The molecule has 1 saturated heterocycles. The summed E-state index contributed by atoms with van der Waals surface area (Å²) in [5.74, 6) is 0.0278. The lowest BCUT2D eigenvalue weighted by Crippen LogP contribution is -2.49. The second kappa shape index (κ2) is 15.4. The molecule has 0 aliphatic carbocycles. The Morgan fingerprint density at radius 2 is 1.58 bits per heavy atom. The molecular weight excluding hydrogens is 388 g/mol. The number of piperidine rings is 1. The van der Waals surface area contributed by atoms with Crippen LogP contribution >= 0.6 is 0 Å². The molecule has 0 saturated carbocycles. The molecule has 176 valence electrons. The molecule has 1 fully saturated rings. The van der Waals surface area contributed by atoms with Gasteiger partial charge in [-0.3, -0.25) is 4.79 Å². The highest BCUT2D eigenvalue weighted by molar-refractivity contribution is 5.76. The van der Waals surface area contributed by atoms with Crippen molar-refractivity contribution in [1.29, 1.82) is 0 Å². The third-order valence-electron chi connectivity index (χ3n) is 6.39. The van der Waals surface area contributed by atoms with Crippen LogP contribution in [0.15, 0.2) is 30.3 Å². The molecular formula is C26H44N2O3. The molecule has 3 N–H and O–H groups in total. The van der Waals surface area contributed by atoms with Crippen molar-refractivity contribution in [2.24, 2.45) is 0 Å². The minimum absolute atomic E-state index is 0.0278. The number of nitrogens with zero attached hydrogens (tertiary/aromatic N) is 1. The summed E-state index contributed by atoms with van der Waals surface area (Å²) in [5.41, 5.74) is 0.827. The van der Waals surface area contributed by atoms with Crippen molar-refractivity contribution in [3.63, 3.8) is 0 Å². The number of hydrogen-bond donors (Lipinski definition) is 3. The summed E-state index contributed by atoms with van der Waals surface area (Å²) in [6, 6.07) is 9.23. The average molecular weight is 433 g/mol. The lowest BCUT2D eigenvalue weighted by atomic mass is 9.99. The molecule has 31 heavy (non-hydrogen) atoms. The Hall–Kier alpha value is -1.43. The summed E-state index contributed by atoms with van der Waals surface area (Å²) in [5, 5.41) is 23.8. The molecule has 1 aliphatic rings. The molecule has 1 aliphatic heterocycles. The minimum atomic E-state index is -0.736. The fourth-order valence-corrected chi connectivity index (χ4v) is 4.36. The monoisotopic (exact) mass is 432 g/mol. The first-order chi connectivity index (χ1) is 15.1. The van der Waals surface area contributed by atoms with Gasteiger partial charge in [0.05, 0.1) is 12.1 Å². The van der Waals surface area contributed by atoms with Crippen molar-refractivity contribution >= 4 is 5.91 Å². The zero-order valence-electron chi connectivity index (χ0n) is 19.5. The molecule has 2 atom stereocenters. The second-order valence-corrected chi connectivity index (χ2v) is 9.14. The van der Waals surface area contributed by atoms with E-state index in [-0.39, 0.29) is 18.1 Å². The van der Waals surface area contributed by atoms with Gasteiger partial charge in [0.1, 0.15) is 6.10 Å². The van der Waals surface area contributed by atoms with Gasteiger partial charge in [-0.2, -0.15) is 0 Å². The Kier molecular flexibility index (Phi) is 12.8. The van der Waals surface area contributed by atoms with E-state index in [0.29, 0.717) is 13.0 Å². The lowest BCUT2D eigenvalue weighted by Gasteiger charge is -2.34. The summed E-state index contributed by atoms with van der Waals surface area (Å²) in [4.78, 5) is 14.8. The van der Waals surface area contributed by atoms with Gasteiger partial charge >= 0.3 is 0 Å². The normalized spacial score (nSPS) is 17.4. The van der Waals surface area contributed by atoms with E-state index in [2.05, 4.69) is 17.1 Å². The molecule has 0 aromatic heterocycles. The smallest absolute Gasteiger partial charge is 0.220 e. The highest BCUT2D eigenvalue weighted by Crippen LogP contribution is 2.20. The van der Waals surface area contributed by atoms with Crippen molar-refractivity contribution in [3.8, 4) is 0 Å². The lowest BCUT2D eigenvalue weighted by molar-refractivity contribution is -0.123. The Morgan fingerprint density at radius 3 is 2.19 bits per heavy atom. The molecule has 1 aromatic rings. The number of carbonyl (C=O) groups excluding carboxylic acids is 1. The van der Waals surface area contributed by atoms with Crippen LogP contribution < -0.4 is 5.32 Å². The summed E-state index contributed by atoms with van der Waals surface area (Å²) in [7, 11) is 0. The SMILES string of the molecule is CCCCCCCCCCCC(=O)N[C@H](CN1CCC(O)CC1)[C@@H](O)c1ccccc1. The molecule has 0 spiro atoms. The van der Waals surface area contributed by atoms with E-state index >= 15 is 0 Å². The Labute approximate surface area is 189 Å². The number of benzene rings is 1. The first-order valence-electron chi connectivity index (χ1n) is 12.5. The number of carbonyl (C=O) groups is 1. The highest BCUT2D eigenvalue weighted by Gasteiger charge is 2.27. The van der Waals surface area contributed by atoms with E-state index in [1.165, 1.54) is 44.9 Å². The molecule has 5 nitrogen and oxygen atoms in total. The van der Waals surface area contributed by atoms with Gasteiger partial charge in [0.25, 0.3) is 0 Å². The molecule has 0 bridgehead atoms. The molecule has 0 radical (unpaired) electrons. The van der Waals surface area contributed by atoms with Crippen LogP contribution in [0.5, 0.6) is 0 Å². The minimum Gasteiger partial charge on any atom is -0.393 e. The van der Waals surface area contributed by atoms with Crippen molar-refractivity contribution in [2.75, 3.05) is 19.6 Å². The fraction of sp³-hybridized carbons (Fsp3) is 0.731. The molecule has 2 rings (SSSR count). The zero-order valence-corrected chi connectivity index (χ0v) is 19.5. The van der Waals surface area contributed by atoms with Crippen LogP contribution in [-0.4, -0.2) is 52.8 Å². The van der Waals surface area contributed by atoms with Gasteiger partial charge in [0, 0.05) is 26.1 Å². The standard InChI is InChI=1S/C26H44N2O3/c1-2-3-4-5-6-7-8-9-13-16-25(30)27-24(21-28-19-17-23(29)18-20-28)26(31)22-14-11-10-12-15-22/h10-12,14-15,23-24,26,29,31H,2-9,13,16-21H2,1H3,(H,27,30)/t24-,26+/m1/s1. The summed E-state index contributed by atoms with van der Waals surface area (Å²) >= 11 is 0. The van der Waals surface area contributed by atoms with Crippen LogP contribution in [0.3, 0.4) is 0 Å². The molecule has 1 heterocycles. The fourth-order valence-electron chi connectivity index (χ4n) is 4.36. The van der Waals surface area contributed by atoms with E-state index in [4.69, 9.17) is 0 Å². The number of aliphatic hydroxyl groups is 2. The number of hydrogen-bond acceptors (Lipinski definition) is 4. The van der Waals surface area contributed by atoms with Gasteiger partial charge in [-0.15, -0.1) is 0 Å². The molecule has 1 aromatic carbocycles. The van der Waals surface area contributed by atoms with Gasteiger partial charge < -0.3 is 20.4 Å². The van der Waals surface area contributed by atoms with Crippen molar-refractivity contribution in [2.45, 2.75) is 102 Å². The first kappa shape index (κ1) is 25.8. The van der Waals surface area contributed by atoms with Crippen molar-refractivity contribution in [3.05, 3.63) is 35.9 Å². The summed E-state index contributed by atoms with van der Waals surface area (Å²) < 4.78 is 0. The largest absolute Gasteiger partial charge is 0.393 e. The highest BCUT2D eigenvalue weighted by atomic mass is 16.3. The van der Waals surface area contributed by atoms with E-state index in [0.717, 1.165) is 44.3 Å². The first-order valence-corrected chi connectivity index (χ1v) is 12.5. The van der Waals surface area contributed by atoms with E-state index < -0.39 is 6.10 Å². The number of nitrogens with one attached hydrogen (secondary N) is 1. The Morgan fingerprint density at radius 1 is 1.00 bits per heavy atom. The van der Waals surface area contributed by atoms with Gasteiger partial charge in [-0.05, 0) is 24.8 Å². The maximum Gasteiger partial charge on any atom is 0.220 e. The van der Waals surface area contributed by atoms with Gasteiger partial charge in [0.15, 0.2) is 0 Å². The van der Waals surface area contributed by atoms with Crippen LogP contribution in [-0.2, 0) is 4.79 Å². The third-order valence-corrected chi connectivity index (χ3v) is 6.39.